The zero-order chi connectivity index (χ0) is 37.7. The Morgan fingerprint density at radius 2 is 0.860 bits per heavy atom. The molecule has 0 radical (unpaired) electrons. The van der Waals surface area contributed by atoms with E-state index in [1.165, 1.54) is 27.6 Å². The first kappa shape index (κ1) is 32.8. The molecule has 0 saturated heterocycles. The van der Waals surface area contributed by atoms with E-state index in [4.69, 9.17) is 4.42 Å². The number of anilines is 3. The molecule has 11 rings (SSSR count). The second-order valence-corrected chi connectivity index (χ2v) is 14.6. The maximum atomic E-state index is 7.01. The van der Waals surface area contributed by atoms with Crippen molar-refractivity contribution in [2.24, 2.45) is 0 Å². The summed E-state index contributed by atoms with van der Waals surface area (Å²) < 4.78 is 9.35. The van der Waals surface area contributed by atoms with Crippen molar-refractivity contribution in [3.63, 3.8) is 0 Å². The van der Waals surface area contributed by atoms with Crippen LogP contribution in [-0.2, 0) is 0 Å². The summed E-state index contributed by atoms with van der Waals surface area (Å²) in [6.45, 7) is 0. The van der Waals surface area contributed by atoms with Gasteiger partial charge >= 0.3 is 0 Å². The molecule has 0 unspecified atom stereocenters. The van der Waals surface area contributed by atoms with E-state index in [0.717, 1.165) is 72.2 Å². The van der Waals surface area contributed by atoms with Crippen LogP contribution in [0.3, 0.4) is 0 Å². The quantitative estimate of drug-likeness (QED) is 0.163. The predicted octanol–water partition coefficient (Wildman–Crippen LogP) is 15.2. The van der Waals surface area contributed by atoms with Crippen molar-refractivity contribution >= 4 is 60.8 Å². The van der Waals surface area contributed by atoms with Crippen LogP contribution in [-0.4, -0.2) is 4.57 Å². The van der Waals surface area contributed by atoms with Gasteiger partial charge in [-0.15, -0.1) is 0 Å². The molecule has 3 nitrogen and oxygen atoms in total. The lowest BCUT2D eigenvalue weighted by Crippen LogP contribution is -2.10. The molecular weight excluding hydrogens is 693 g/mol. The number of hydrogen-bond donors (Lipinski definition) is 0. The molecule has 0 N–H and O–H groups in total. The van der Waals surface area contributed by atoms with Crippen molar-refractivity contribution in [3.05, 3.63) is 218 Å². The molecule has 268 valence electrons. The van der Waals surface area contributed by atoms with Crippen LogP contribution in [0.25, 0.3) is 82.8 Å². The van der Waals surface area contributed by atoms with Crippen molar-refractivity contribution < 1.29 is 4.42 Å². The number of para-hydroxylation sites is 2. The fourth-order valence-electron chi connectivity index (χ4n) is 8.48. The highest BCUT2D eigenvalue weighted by molar-refractivity contribution is 6.24. The second kappa shape index (κ2) is 13.6. The lowest BCUT2D eigenvalue weighted by atomic mass is 9.97. The number of nitrogens with zero attached hydrogens (tertiary/aromatic N) is 2. The van der Waals surface area contributed by atoms with Gasteiger partial charge in [0, 0.05) is 45.0 Å². The summed E-state index contributed by atoms with van der Waals surface area (Å²) in [6, 6.07) is 78.0. The summed E-state index contributed by atoms with van der Waals surface area (Å²) in [5, 5.41) is 4.50. The molecule has 0 aliphatic carbocycles. The Morgan fingerprint density at radius 3 is 1.51 bits per heavy atom. The molecular formula is C54H36N2O. The average molecular weight is 729 g/mol. The molecule has 0 atom stereocenters. The van der Waals surface area contributed by atoms with Gasteiger partial charge in [0.15, 0.2) is 0 Å². The third-order valence-electron chi connectivity index (χ3n) is 11.2. The highest BCUT2D eigenvalue weighted by atomic mass is 16.3. The van der Waals surface area contributed by atoms with Gasteiger partial charge in [0.05, 0.1) is 16.4 Å². The van der Waals surface area contributed by atoms with Crippen LogP contribution in [0, 0.1) is 0 Å². The van der Waals surface area contributed by atoms with Crippen LogP contribution >= 0.6 is 0 Å². The molecule has 2 heterocycles. The van der Waals surface area contributed by atoms with Gasteiger partial charge in [0.25, 0.3) is 0 Å². The van der Waals surface area contributed by atoms with E-state index in [1.54, 1.807) is 0 Å². The molecule has 0 fully saturated rings. The highest BCUT2D eigenvalue weighted by Crippen LogP contribution is 2.44. The number of benzene rings is 9. The van der Waals surface area contributed by atoms with E-state index in [2.05, 4.69) is 228 Å². The Bertz CT molecular complexity index is 3140. The number of rotatable bonds is 7. The molecule has 2 aromatic heterocycles. The van der Waals surface area contributed by atoms with Crippen LogP contribution in [0.2, 0.25) is 0 Å². The fourth-order valence-corrected chi connectivity index (χ4v) is 8.48. The molecule has 9 aromatic carbocycles. The first-order valence-electron chi connectivity index (χ1n) is 19.4. The van der Waals surface area contributed by atoms with Crippen molar-refractivity contribution in [2.45, 2.75) is 0 Å². The SMILES string of the molecule is c1ccc(-c2ccc(N(c3cc(-c4ccccc4)cc(-c4ccccc4)c3)c3ccc4c(c3)oc3c4ccc4c3c3ccccc3n4-c3ccccc3)cc2)cc1. The smallest absolute Gasteiger partial charge is 0.145 e. The van der Waals surface area contributed by atoms with Gasteiger partial charge < -0.3 is 13.9 Å². The first-order valence-corrected chi connectivity index (χ1v) is 19.4. The molecule has 0 saturated carbocycles. The van der Waals surface area contributed by atoms with Gasteiger partial charge in [-0.3, -0.25) is 0 Å². The molecule has 0 spiro atoms. The van der Waals surface area contributed by atoms with Crippen LogP contribution in [0.1, 0.15) is 0 Å². The molecule has 0 bridgehead atoms. The van der Waals surface area contributed by atoms with E-state index in [-0.39, 0.29) is 0 Å². The summed E-state index contributed by atoms with van der Waals surface area (Å²) in [7, 11) is 0. The summed E-state index contributed by atoms with van der Waals surface area (Å²) in [5.74, 6) is 0. The molecule has 57 heavy (non-hydrogen) atoms. The maximum absolute atomic E-state index is 7.01. The van der Waals surface area contributed by atoms with E-state index in [9.17, 15) is 0 Å². The summed E-state index contributed by atoms with van der Waals surface area (Å²) in [6.07, 6.45) is 0. The number of aromatic nitrogens is 1. The van der Waals surface area contributed by atoms with Gasteiger partial charge in [0.1, 0.15) is 11.2 Å². The van der Waals surface area contributed by atoms with Gasteiger partial charge in [-0.05, 0) is 106 Å². The second-order valence-electron chi connectivity index (χ2n) is 14.6. The van der Waals surface area contributed by atoms with E-state index in [1.807, 2.05) is 0 Å². The van der Waals surface area contributed by atoms with Crippen LogP contribution < -0.4 is 4.90 Å². The number of hydrogen-bond acceptors (Lipinski definition) is 2. The minimum Gasteiger partial charge on any atom is -0.455 e. The lowest BCUT2D eigenvalue weighted by molar-refractivity contribution is 0.673. The fraction of sp³-hybridized carbons (Fsp3) is 0. The molecule has 11 aromatic rings. The minimum atomic E-state index is 0.847. The van der Waals surface area contributed by atoms with Crippen molar-refractivity contribution in [3.8, 4) is 39.1 Å². The van der Waals surface area contributed by atoms with Crippen molar-refractivity contribution in [1.29, 1.82) is 0 Å². The largest absolute Gasteiger partial charge is 0.455 e. The summed E-state index contributed by atoms with van der Waals surface area (Å²) in [4.78, 5) is 2.36. The van der Waals surface area contributed by atoms with Crippen molar-refractivity contribution in [2.75, 3.05) is 4.90 Å². The molecule has 0 amide bonds. The van der Waals surface area contributed by atoms with Crippen LogP contribution in [0.5, 0.6) is 0 Å². The molecule has 3 heteroatoms. The Kier molecular flexibility index (Phi) is 7.82. The Labute approximate surface area is 330 Å². The summed E-state index contributed by atoms with van der Waals surface area (Å²) >= 11 is 0. The van der Waals surface area contributed by atoms with Gasteiger partial charge in [-0.25, -0.2) is 0 Å². The Balaban J connectivity index is 1.13. The first-order chi connectivity index (χ1) is 28.3. The Morgan fingerprint density at radius 1 is 0.333 bits per heavy atom. The van der Waals surface area contributed by atoms with Gasteiger partial charge in [-0.1, -0.05) is 140 Å². The third-order valence-corrected chi connectivity index (χ3v) is 11.2. The topological polar surface area (TPSA) is 21.3 Å². The number of fused-ring (bicyclic) bond motifs is 7. The van der Waals surface area contributed by atoms with E-state index >= 15 is 0 Å². The maximum Gasteiger partial charge on any atom is 0.145 e. The van der Waals surface area contributed by atoms with Gasteiger partial charge in [0.2, 0.25) is 0 Å². The van der Waals surface area contributed by atoms with Crippen LogP contribution in [0.15, 0.2) is 223 Å². The molecule has 0 aliphatic rings. The monoisotopic (exact) mass is 728 g/mol. The van der Waals surface area contributed by atoms with Crippen LogP contribution in [0.4, 0.5) is 17.1 Å². The minimum absolute atomic E-state index is 0.847. The Hall–Kier alpha value is -7.62. The highest BCUT2D eigenvalue weighted by Gasteiger charge is 2.21. The lowest BCUT2D eigenvalue weighted by Gasteiger charge is -2.27. The standard InChI is InChI=1S/C54H36N2O/c1-5-15-37(16-6-1)40-25-27-44(28-26-40)55(46-34-41(38-17-7-2-8-18-38)33-42(35-46)39-19-9-3-10-20-39)45-29-30-47-48-31-32-51-53(54(48)57-52(47)36-45)49-23-13-14-24-50(49)56(51)43-21-11-4-12-22-43/h1-36H. The van der Waals surface area contributed by atoms with Crippen molar-refractivity contribution in [1.82, 2.24) is 4.57 Å². The normalized spacial score (nSPS) is 11.5. The zero-order valence-electron chi connectivity index (χ0n) is 31.1. The van der Waals surface area contributed by atoms with E-state index in [0.29, 0.717) is 0 Å². The van der Waals surface area contributed by atoms with E-state index < -0.39 is 0 Å². The summed E-state index contributed by atoms with van der Waals surface area (Å²) in [5.41, 5.74) is 15.3. The molecule has 0 aliphatic heterocycles. The average Bonchev–Trinajstić information content (AvgIpc) is 3.83. The third kappa shape index (κ3) is 5.68. The number of furan rings is 1. The predicted molar refractivity (Wildman–Crippen MR) is 239 cm³/mol. The van der Waals surface area contributed by atoms with Gasteiger partial charge in [-0.2, -0.15) is 0 Å². The zero-order valence-corrected chi connectivity index (χ0v) is 31.1.